The summed E-state index contributed by atoms with van der Waals surface area (Å²) in [5.74, 6) is 0.595. The highest BCUT2D eigenvalue weighted by atomic mass is 16.7. The van der Waals surface area contributed by atoms with Gasteiger partial charge in [0.1, 0.15) is 42.5 Å². The molecule has 5 atom stereocenters. The molecule has 1 saturated heterocycles. The van der Waals surface area contributed by atoms with E-state index >= 15 is 0 Å². The molecule has 0 aliphatic carbocycles. The van der Waals surface area contributed by atoms with E-state index in [1.54, 1.807) is 12.1 Å². The Bertz CT molecular complexity index is 419. The molecule has 1 fully saturated rings. The van der Waals surface area contributed by atoms with Gasteiger partial charge in [0, 0.05) is 7.11 Å². The van der Waals surface area contributed by atoms with Crippen molar-refractivity contribution in [3.63, 3.8) is 0 Å². The van der Waals surface area contributed by atoms with Crippen LogP contribution in [0.2, 0.25) is 0 Å². The Morgan fingerprint density at radius 3 is 2.30 bits per heavy atom. The fourth-order valence-electron chi connectivity index (χ4n) is 1.97. The molecule has 20 heavy (non-hydrogen) atoms. The maximum absolute atomic E-state index is 9.83. The summed E-state index contributed by atoms with van der Waals surface area (Å²) in [6.45, 7) is -0.0322. The molecular formula is C13H18O7. The number of hydrogen-bond acceptors (Lipinski definition) is 7. The standard InChI is InChI=1S/C13H18O7/c1-18-13-12(17)11(16)10(15)9(20-13)6-19-8-4-2-7(14)3-5-8/h2-5,9-17H,6H2,1H3/t9-,10-,11+,12-,13-/m1/s1. The minimum absolute atomic E-state index is 0.0322. The summed E-state index contributed by atoms with van der Waals surface area (Å²) in [6, 6.07) is 6.04. The molecule has 2 rings (SSSR count). The Labute approximate surface area is 115 Å². The van der Waals surface area contributed by atoms with Gasteiger partial charge < -0.3 is 34.6 Å². The third-order valence-corrected chi connectivity index (χ3v) is 3.15. The topological polar surface area (TPSA) is 109 Å². The number of phenolic OH excluding ortho intramolecular Hbond substituents is 1. The minimum atomic E-state index is -1.37. The van der Waals surface area contributed by atoms with Crippen molar-refractivity contribution < 1.29 is 34.6 Å². The van der Waals surface area contributed by atoms with E-state index in [2.05, 4.69) is 0 Å². The van der Waals surface area contributed by atoms with Crippen LogP contribution < -0.4 is 4.74 Å². The number of benzene rings is 1. The molecule has 0 bridgehead atoms. The van der Waals surface area contributed by atoms with Gasteiger partial charge in [0.05, 0.1) is 0 Å². The first kappa shape index (κ1) is 15.0. The van der Waals surface area contributed by atoms with Crippen molar-refractivity contribution >= 4 is 0 Å². The molecule has 1 aliphatic rings. The summed E-state index contributed by atoms with van der Waals surface area (Å²) in [6.07, 6.45) is -5.84. The van der Waals surface area contributed by atoms with Crippen molar-refractivity contribution in [3.05, 3.63) is 24.3 Å². The molecule has 7 nitrogen and oxygen atoms in total. The van der Waals surface area contributed by atoms with E-state index in [-0.39, 0.29) is 12.4 Å². The molecule has 1 aromatic rings. The molecule has 1 aromatic carbocycles. The minimum Gasteiger partial charge on any atom is -0.508 e. The summed E-state index contributed by atoms with van der Waals surface area (Å²) in [7, 11) is 1.33. The lowest BCUT2D eigenvalue weighted by Crippen LogP contribution is -2.59. The maximum Gasteiger partial charge on any atom is 0.186 e. The average Bonchev–Trinajstić information content (AvgIpc) is 2.46. The second kappa shape index (κ2) is 6.38. The van der Waals surface area contributed by atoms with Gasteiger partial charge >= 0.3 is 0 Å². The molecule has 4 N–H and O–H groups in total. The second-order valence-electron chi connectivity index (χ2n) is 4.56. The monoisotopic (exact) mass is 286 g/mol. The molecule has 112 valence electrons. The predicted molar refractivity (Wildman–Crippen MR) is 67.3 cm³/mol. The number of hydrogen-bond donors (Lipinski definition) is 4. The highest BCUT2D eigenvalue weighted by molar-refractivity contribution is 5.30. The van der Waals surface area contributed by atoms with Crippen LogP contribution in [-0.2, 0) is 9.47 Å². The predicted octanol–water partition coefficient (Wildman–Crippen LogP) is -0.775. The first-order chi connectivity index (χ1) is 9.52. The smallest absolute Gasteiger partial charge is 0.186 e. The van der Waals surface area contributed by atoms with Crippen molar-refractivity contribution in [3.8, 4) is 11.5 Å². The van der Waals surface area contributed by atoms with Crippen LogP contribution in [0.25, 0.3) is 0 Å². The lowest BCUT2D eigenvalue weighted by molar-refractivity contribution is -0.293. The van der Waals surface area contributed by atoms with Crippen molar-refractivity contribution in [2.24, 2.45) is 0 Å². The van der Waals surface area contributed by atoms with Gasteiger partial charge in [-0.05, 0) is 24.3 Å². The zero-order valence-electron chi connectivity index (χ0n) is 10.9. The Hall–Kier alpha value is -1.38. The summed E-state index contributed by atoms with van der Waals surface area (Å²) in [5, 5.41) is 38.3. The molecule has 0 spiro atoms. The molecular weight excluding hydrogens is 268 g/mol. The number of methoxy groups -OCH3 is 1. The van der Waals surface area contributed by atoms with Crippen molar-refractivity contribution in [1.29, 1.82) is 0 Å². The largest absolute Gasteiger partial charge is 0.508 e. The number of ether oxygens (including phenoxy) is 3. The highest BCUT2D eigenvalue weighted by Gasteiger charge is 2.44. The lowest BCUT2D eigenvalue weighted by atomic mass is 9.99. The molecule has 1 aliphatic heterocycles. The van der Waals surface area contributed by atoms with Gasteiger partial charge in [-0.25, -0.2) is 0 Å². The van der Waals surface area contributed by atoms with Gasteiger partial charge in [-0.15, -0.1) is 0 Å². The van der Waals surface area contributed by atoms with E-state index in [1.807, 2.05) is 0 Å². The molecule has 0 aromatic heterocycles. The van der Waals surface area contributed by atoms with Gasteiger partial charge in [0.25, 0.3) is 0 Å². The van der Waals surface area contributed by atoms with Gasteiger partial charge in [-0.1, -0.05) is 0 Å². The lowest BCUT2D eigenvalue weighted by Gasteiger charge is -2.39. The first-order valence-electron chi connectivity index (χ1n) is 6.17. The molecule has 0 radical (unpaired) electrons. The SMILES string of the molecule is CO[C@@H]1O[C@H](COc2ccc(O)cc2)[C@@H](O)[C@H](O)[C@H]1O. The van der Waals surface area contributed by atoms with Crippen LogP contribution in [0.1, 0.15) is 0 Å². The fourth-order valence-corrected chi connectivity index (χ4v) is 1.97. The van der Waals surface area contributed by atoms with E-state index in [0.717, 1.165) is 0 Å². The second-order valence-corrected chi connectivity index (χ2v) is 4.56. The quantitative estimate of drug-likeness (QED) is 0.575. The Kier molecular flexibility index (Phi) is 4.79. The van der Waals surface area contributed by atoms with E-state index < -0.39 is 30.7 Å². The highest BCUT2D eigenvalue weighted by Crippen LogP contribution is 2.23. The fraction of sp³-hybridized carbons (Fsp3) is 0.538. The van der Waals surface area contributed by atoms with Crippen molar-refractivity contribution in [2.75, 3.05) is 13.7 Å². The third kappa shape index (κ3) is 3.20. The van der Waals surface area contributed by atoms with E-state index in [9.17, 15) is 15.3 Å². The van der Waals surface area contributed by atoms with E-state index in [1.165, 1.54) is 19.2 Å². The van der Waals surface area contributed by atoms with Crippen LogP contribution in [0.15, 0.2) is 24.3 Å². The van der Waals surface area contributed by atoms with Crippen LogP contribution in [0.4, 0.5) is 0 Å². The first-order valence-corrected chi connectivity index (χ1v) is 6.17. The number of rotatable bonds is 4. The Morgan fingerprint density at radius 2 is 1.70 bits per heavy atom. The van der Waals surface area contributed by atoms with Gasteiger partial charge in [-0.3, -0.25) is 0 Å². The zero-order chi connectivity index (χ0) is 14.7. The number of phenols is 1. The summed E-state index contributed by atoms with van der Waals surface area (Å²) < 4.78 is 15.6. The van der Waals surface area contributed by atoms with Crippen LogP contribution in [0.5, 0.6) is 11.5 Å². The van der Waals surface area contributed by atoms with E-state index in [4.69, 9.17) is 19.3 Å². The number of aliphatic hydroxyl groups excluding tert-OH is 3. The van der Waals surface area contributed by atoms with Crippen LogP contribution in [0.3, 0.4) is 0 Å². The summed E-state index contributed by atoms with van der Waals surface area (Å²) >= 11 is 0. The van der Waals surface area contributed by atoms with Gasteiger partial charge in [0.15, 0.2) is 6.29 Å². The van der Waals surface area contributed by atoms with Crippen LogP contribution in [-0.4, -0.2) is 64.8 Å². The average molecular weight is 286 g/mol. The van der Waals surface area contributed by atoms with Crippen molar-refractivity contribution in [2.45, 2.75) is 30.7 Å². The van der Waals surface area contributed by atoms with Crippen LogP contribution >= 0.6 is 0 Å². The number of aromatic hydroxyl groups is 1. The van der Waals surface area contributed by atoms with Gasteiger partial charge in [-0.2, -0.15) is 0 Å². The van der Waals surface area contributed by atoms with E-state index in [0.29, 0.717) is 5.75 Å². The summed E-state index contributed by atoms with van der Waals surface area (Å²) in [4.78, 5) is 0. The third-order valence-electron chi connectivity index (χ3n) is 3.15. The summed E-state index contributed by atoms with van der Waals surface area (Å²) in [5.41, 5.74) is 0. The molecule has 0 amide bonds. The number of aliphatic hydroxyl groups is 3. The molecule has 0 unspecified atom stereocenters. The Balaban J connectivity index is 1.95. The maximum atomic E-state index is 9.83. The normalized spacial score (nSPS) is 33.9. The molecule has 1 heterocycles. The molecule has 7 heteroatoms. The van der Waals surface area contributed by atoms with Crippen LogP contribution in [0, 0.1) is 0 Å². The van der Waals surface area contributed by atoms with Crippen molar-refractivity contribution in [1.82, 2.24) is 0 Å². The Morgan fingerprint density at radius 1 is 1.05 bits per heavy atom. The molecule has 0 saturated carbocycles. The van der Waals surface area contributed by atoms with Gasteiger partial charge in [0.2, 0.25) is 0 Å². The zero-order valence-corrected chi connectivity index (χ0v) is 10.9.